The molecule has 0 spiro atoms. The maximum atomic E-state index is 5.76. The van der Waals surface area contributed by atoms with Gasteiger partial charge in [-0.05, 0) is 52.9 Å². The number of aryl methyl sites for hydroxylation is 2. The number of nitrogens with two attached hydrogens (primary N) is 1. The molecular weight excluding hydrogens is 210 g/mol. The Balaban J connectivity index is 3.18. The second-order valence-corrected chi connectivity index (χ2v) is 5.51. The van der Waals surface area contributed by atoms with Crippen molar-refractivity contribution < 1.29 is 0 Å². The van der Waals surface area contributed by atoms with Gasteiger partial charge in [0.15, 0.2) is 0 Å². The normalized spacial score (nSPS) is 14.1. The number of hydrogen-bond acceptors (Lipinski definition) is 3. The zero-order chi connectivity index (χ0) is 13.2. The molecule has 17 heavy (non-hydrogen) atoms. The summed E-state index contributed by atoms with van der Waals surface area (Å²) in [6, 6.07) is 6.61. The molecule has 0 heterocycles. The number of hydrazine groups is 1. The highest BCUT2D eigenvalue weighted by Gasteiger charge is 2.32. The molecule has 0 radical (unpaired) electrons. The van der Waals surface area contributed by atoms with E-state index in [0.29, 0.717) is 0 Å². The molecule has 0 bridgehead atoms. The predicted octanol–water partition coefficient (Wildman–Crippen LogP) is 2.15. The highest BCUT2D eigenvalue weighted by Crippen LogP contribution is 2.30. The fourth-order valence-electron chi connectivity index (χ4n) is 2.08. The van der Waals surface area contributed by atoms with E-state index in [2.05, 4.69) is 70.3 Å². The summed E-state index contributed by atoms with van der Waals surface area (Å²) in [6.07, 6.45) is 0. The van der Waals surface area contributed by atoms with E-state index in [4.69, 9.17) is 5.84 Å². The van der Waals surface area contributed by atoms with Crippen LogP contribution in [0.25, 0.3) is 0 Å². The number of likely N-dealkylation sites (N-methyl/N-ethyl adjacent to an activating group) is 1. The van der Waals surface area contributed by atoms with Crippen LogP contribution in [0.4, 0.5) is 0 Å². The summed E-state index contributed by atoms with van der Waals surface area (Å²) in [6.45, 7) is 8.63. The molecule has 96 valence electrons. The molecule has 0 aliphatic heterocycles. The van der Waals surface area contributed by atoms with Crippen LogP contribution in [0.15, 0.2) is 18.2 Å². The second-order valence-electron chi connectivity index (χ2n) is 5.51. The van der Waals surface area contributed by atoms with Crippen molar-refractivity contribution in [2.45, 2.75) is 39.3 Å². The van der Waals surface area contributed by atoms with Crippen molar-refractivity contribution in [3.63, 3.8) is 0 Å². The van der Waals surface area contributed by atoms with E-state index in [9.17, 15) is 0 Å². The van der Waals surface area contributed by atoms with Gasteiger partial charge < -0.3 is 4.90 Å². The lowest BCUT2D eigenvalue weighted by molar-refractivity contribution is 0.138. The third-order valence-electron chi connectivity index (χ3n) is 3.76. The third-order valence-corrected chi connectivity index (χ3v) is 3.76. The van der Waals surface area contributed by atoms with E-state index in [1.54, 1.807) is 0 Å². The maximum absolute atomic E-state index is 5.76. The topological polar surface area (TPSA) is 41.3 Å². The summed E-state index contributed by atoms with van der Waals surface area (Å²) in [5.74, 6) is 5.76. The summed E-state index contributed by atoms with van der Waals surface area (Å²) in [5, 5.41) is 0. The molecule has 3 N–H and O–H groups in total. The van der Waals surface area contributed by atoms with E-state index in [0.717, 1.165) is 0 Å². The predicted molar refractivity (Wildman–Crippen MR) is 73.7 cm³/mol. The molecule has 0 amide bonds. The standard InChI is InChI=1S/C14H25N3/c1-10-7-8-12(11(2)9-10)13(16-15)14(3,4)17(5)6/h7-9,13,16H,15H2,1-6H3. The number of nitrogens with zero attached hydrogens (tertiary/aromatic N) is 1. The van der Waals surface area contributed by atoms with Gasteiger partial charge in [0, 0.05) is 5.54 Å². The van der Waals surface area contributed by atoms with Crippen LogP contribution in [0.1, 0.15) is 36.6 Å². The molecule has 0 saturated heterocycles. The van der Waals surface area contributed by atoms with Gasteiger partial charge in [-0.2, -0.15) is 0 Å². The Morgan fingerprint density at radius 3 is 2.24 bits per heavy atom. The highest BCUT2D eigenvalue weighted by atomic mass is 15.3. The Morgan fingerprint density at radius 1 is 1.24 bits per heavy atom. The molecule has 3 heteroatoms. The lowest BCUT2D eigenvalue weighted by Gasteiger charge is -2.40. The lowest BCUT2D eigenvalue weighted by atomic mass is 9.85. The SMILES string of the molecule is Cc1ccc(C(NN)C(C)(C)N(C)C)c(C)c1. The number of hydrogen-bond donors (Lipinski definition) is 2. The average Bonchev–Trinajstić information content (AvgIpc) is 2.21. The van der Waals surface area contributed by atoms with E-state index >= 15 is 0 Å². The van der Waals surface area contributed by atoms with Crippen molar-refractivity contribution in [1.29, 1.82) is 0 Å². The van der Waals surface area contributed by atoms with Crippen LogP contribution in [0.3, 0.4) is 0 Å². The molecule has 0 aromatic heterocycles. The molecule has 1 aromatic rings. The first-order valence-electron chi connectivity index (χ1n) is 6.01. The highest BCUT2D eigenvalue weighted by molar-refractivity contribution is 5.34. The van der Waals surface area contributed by atoms with E-state index < -0.39 is 0 Å². The van der Waals surface area contributed by atoms with Gasteiger partial charge in [0.25, 0.3) is 0 Å². The maximum Gasteiger partial charge on any atom is 0.0640 e. The summed E-state index contributed by atoms with van der Waals surface area (Å²) in [4.78, 5) is 2.19. The van der Waals surface area contributed by atoms with Gasteiger partial charge in [0.1, 0.15) is 0 Å². The first kappa shape index (κ1) is 14.2. The minimum absolute atomic E-state index is 0.0469. The average molecular weight is 235 g/mol. The fraction of sp³-hybridized carbons (Fsp3) is 0.571. The van der Waals surface area contributed by atoms with E-state index in [-0.39, 0.29) is 11.6 Å². The largest absolute Gasteiger partial charge is 0.302 e. The fourth-order valence-corrected chi connectivity index (χ4v) is 2.08. The minimum Gasteiger partial charge on any atom is -0.302 e. The Bertz CT molecular complexity index is 383. The Kier molecular flexibility index (Phi) is 4.31. The summed E-state index contributed by atoms with van der Waals surface area (Å²) in [5.41, 5.74) is 6.74. The summed E-state index contributed by atoms with van der Waals surface area (Å²) >= 11 is 0. The Hall–Kier alpha value is -0.900. The van der Waals surface area contributed by atoms with E-state index in [1.807, 2.05) is 0 Å². The van der Waals surface area contributed by atoms with Crippen molar-refractivity contribution in [2.24, 2.45) is 5.84 Å². The van der Waals surface area contributed by atoms with Gasteiger partial charge in [-0.15, -0.1) is 0 Å². The zero-order valence-corrected chi connectivity index (χ0v) is 11.8. The van der Waals surface area contributed by atoms with Gasteiger partial charge >= 0.3 is 0 Å². The zero-order valence-electron chi connectivity index (χ0n) is 11.8. The first-order chi connectivity index (χ1) is 7.80. The number of rotatable bonds is 4. The summed E-state index contributed by atoms with van der Waals surface area (Å²) < 4.78 is 0. The second kappa shape index (κ2) is 5.17. The summed E-state index contributed by atoms with van der Waals surface area (Å²) in [7, 11) is 4.15. The molecule has 0 saturated carbocycles. The van der Waals surface area contributed by atoms with Crippen LogP contribution in [0.5, 0.6) is 0 Å². The minimum atomic E-state index is -0.0469. The van der Waals surface area contributed by atoms with Crippen LogP contribution >= 0.6 is 0 Å². The molecule has 0 aliphatic carbocycles. The van der Waals surface area contributed by atoms with Crippen molar-refractivity contribution in [3.05, 3.63) is 34.9 Å². The molecule has 1 unspecified atom stereocenters. The molecule has 0 fully saturated rings. The Morgan fingerprint density at radius 2 is 1.82 bits per heavy atom. The quantitative estimate of drug-likeness (QED) is 0.620. The van der Waals surface area contributed by atoms with Crippen molar-refractivity contribution in [1.82, 2.24) is 10.3 Å². The smallest absolute Gasteiger partial charge is 0.0640 e. The van der Waals surface area contributed by atoms with Gasteiger partial charge in [-0.1, -0.05) is 23.8 Å². The van der Waals surface area contributed by atoms with Gasteiger partial charge in [0.05, 0.1) is 6.04 Å². The van der Waals surface area contributed by atoms with Crippen molar-refractivity contribution in [3.8, 4) is 0 Å². The molecular formula is C14H25N3. The number of benzene rings is 1. The van der Waals surface area contributed by atoms with Crippen LogP contribution in [0, 0.1) is 13.8 Å². The Labute approximate surface area is 105 Å². The van der Waals surface area contributed by atoms with Crippen LogP contribution in [-0.2, 0) is 0 Å². The molecule has 1 atom stereocenters. The molecule has 1 rings (SSSR count). The number of nitrogens with one attached hydrogen (secondary N) is 1. The van der Waals surface area contributed by atoms with Crippen LogP contribution < -0.4 is 11.3 Å². The first-order valence-corrected chi connectivity index (χ1v) is 6.01. The van der Waals surface area contributed by atoms with Gasteiger partial charge in [0.2, 0.25) is 0 Å². The monoisotopic (exact) mass is 235 g/mol. The lowest BCUT2D eigenvalue weighted by Crippen LogP contribution is -2.51. The van der Waals surface area contributed by atoms with Crippen molar-refractivity contribution >= 4 is 0 Å². The van der Waals surface area contributed by atoms with Crippen molar-refractivity contribution in [2.75, 3.05) is 14.1 Å². The van der Waals surface area contributed by atoms with Crippen LogP contribution in [-0.4, -0.2) is 24.5 Å². The van der Waals surface area contributed by atoms with Crippen LogP contribution in [0.2, 0.25) is 0 Å². The molecule has 0 aliphatic rings. The van der Waals surface area contributed by atoms with Gasteiger partial charge in [-0.3, -0.25) is 11.3 Å². The van der Waals surface area contributed by atoms with Gasteiger partial charge in [-0.25, -0.2) is 0 Å². The molecule has 3 nitrogen and oxygen atoms in total. The molecule has 1 aromatic carbocycles. The van der Waals surface area contributed by atoms with E-state index in [1.165, 1.54) is 16.7 Å². The third kappa shape index (κ3) is 2.86.